The third-order valence-electron chi connectivity index (χ3n) is 3.41. The summed E-state index contributed by atoms with van der Waals surface area (Å²) in [7, 11) is 0.380. The molecule has 0 spiro atoms. The van der Waals surface area contributed by atoms with Crippen LogP contribution in [0.2, 0.25) is 0 Å². The van der Waals surface area contributed by atoms with E-state index in [-0.39, 0.29) is 25.6 Å². The molecule has 0 aromatic carbocycles. The zero-order valence-corrected chi connectivity index (χ0v) is 19.2. The average Bonchev–Trinajstić information content (AvgIpc) is 2.56. The second kappa shape index (κ2) is 13.7. The second-order valence-electron chi connectivity index (χ2n) is 5.80. The van der Waals surface area contributed by atoms with E-state index in [1.54, 1.807) is 0 Å². The Hall–Kier alpha value is 0.549. The Labute approximate surface area is 167 Å². The Morgan fingerprint density at radius 3 is 0.846 bits per heavy atom. The van der Waals surface area contributed by atoms with E-state index in [1.807, 2.05) is 0 Å². The van der Waals surface area contributed by atoms with E-state index in [2.05, 4.69) is 54.6 Å². The summed E-state index contributed by atoms with van der Waals surface area (Å²) in [6.45, 7) is 17.7. The molecule has 0 heterocycles. The molecule has 1 nitrogen and oxygen atoms in total. The molecule has 0 atom stereocenters. The van der Waals surface area contributed by atoms with Crippen LogP contribution < -0.4 is 0 Å². The zero-order chi connectivity index (χ0) is 20.0. The molecule has 0 bridgehead atoms. The van der Waals surface area contributed by atoms with Crippen LogP contribution in [-0.4, -0.2) is 37.6 Å². The van der Waals surface area contributed by atoms with E-state index in [4.69, 9.17) is 0 Å². The summed E-state index contributed by atoms with van der Waals surface area (Å²) in [5.74, 6) is 1.36. The number of alkyl halides is 5. The molecule has 0 aliphatic heterocycles. The van der Waals surface area contributed by atoms with Crippen molar-refractivity contribution in [2.75, 3.05) is 20.0 Å². The molecule has 0 amide bonds. The van der Waals surface area contributed by atoms with E-state index < -0.39 is 18.5 Å². The van der Waals surface area contributed by atoms with Crippen molar-refractivity contribution in [2.45, 2.75) is 46.7 Å². The zero-order valence-electron chi connectivity index (χ0n) is 15.9. The number of rotatable bonds is 1. The van der Waals surface area contributed by atoms with E-state index in [0.29, 0.717) is 7.92 Å². The Kier molecular flexibility index (Phi) is 17.9. The summed E-state index contributed by atoms with van der Waals surface area (Å²) in [5.41, 5.74) is 0. The fraction of sp³-hybridized carbons (Fsp3) is 0.625. The molecule has 160 valence electrons. The van der Waals surface area contributed by atoms with Gasteiger partial charge in [-0.3, -0.25) is 0 Å². The van der Waals surface area contributed by atoms with E-state index >= 15 is 0 Å². The maximum Gasteiger partial charge on any atom is 0.427 e. The number of hydrogen-bond donors (Lipinski definition) is 0. The topological polar surface area (TPSA) is 31.5 Å². The average molecular weight is 591 g/mol. The fourth-order valence-electron chi connectivity index (χ4n) is 1.51. The van der Waals surface area contributed by atoms with Gasteiger partial charge in [-0.2, -0.15) is 13.2 Å². The Balaban J connectivity index is -0.000000146. The normalized spacial score (nSPS) is 17.9. The van der Waals surface area contributed by atoms with Gasteiger partial charge in [0.2, 0.25) is 0 Å². The molecule has 26 heavy (non-hydrogen) atoms. The van der Waals surface area contributed by atoms with Crippen molar-refractivity contribution in [3.63, 3.8) is 0 Å². The minimum Gasteiger partial charge on any atom is -0.415 e. The molecule has 1 rings (SSSR count). The van der Waals surface area contributed by atoms with E-state index in [0.717, 1.165) is 0 Å². The molecule has 0 aromatic heterocycles. The minimum absolute atomic E-state index is 0. The maximum absolute atomic E-state index is 11.1. The predicted molar refractivity (Wildman–Crippen MR) is 89.4 cm³/mol. The van der Waals surface area contributed by atoms with Crippen LogP contribution in [0.4, 0.5) is 30.7 Å². The molecule has 0 saturated heterocycles. The van der Waals surface area contributed by atoms with E-state index in [9.17, 15) is 30.7 Å². The summed E-state index contributed by atoms with van der Waals surface area (Å²) in [5, 5.41) is 0. The van der Waals surface area contributed by atoms with Crippen molar-refractivity contribution < 1.29 is 56.3 Å². The summed E-state index contributed by atoms with van der Waals surface area (Å²) >= 11 is 0. The van der Waals surface area contributed by atoms with Crippen molar-refractivity contribution in [2.24, 2.45) is 0 Å². The monoisotopic (exact) mass is 591 g/mol. The largest absolute Gasteiger partial charge is 0.427 e. The van der Waals surface area contributed by atoms with Crippen molar-refractivity contribution in [3.8, 4) is 0 Å². The van der Waals surface area contributed by atoms with Crippen LogP contribution in [0, 0.1) is 36.0 Å². The summed E-state index contributed by atoms with van der Waals surface area (Å²) in [6.07, 6.45) is -10.1. The molecule has 6 radical (unpaired) electrons. The number of halogens is 7. The van der Waals surface area contributed by atoms with Crippen LogP contribution in [0.3, 0.4) is 0 Å². The minimum atomic E-state index is -6.20. The summed E-state index contributed by atoms with van der Waals surface area (Å²) in [6, 6.07) is 0. The standard InChI is InChI=1S/C10H15.C3F7.C3H9P.Ir.H2O/c1-6-7(2)9(4)10(5)8(6)3;4-1(5)2(6,7)3(8,9)10;1-4(2)3;;/h1-5H3;;1-3H3;;1H2/q;-1;;;. The third kappa shape index (κ3) is 10.8. The van der Waals surface area contributed by atoms with Crippen LogP contribution >= 0.6 is 7.92 Å². The van der Waals surface area contributed by atoms with Crippen LogP contribution in [0.25, 0.3) is 0 Å². The van der Waals surface area contributed by atoms with Gasteiger partial charge in [-0.15, -0.1) is 7.92 Å². The Morgan fingerprint density at radius 1 is 0.654 bits per heavy atom. The van der Waals surface area contributed by atoms with Crippen molar-refractivity contribution >= 4 is 7.92 Å². The Bertz CT molecular complexity index is 306. The maximum atomic E-state index is 11.1. The Morgan fingerprint density at radius 2 is 0.808 bits per heavy atom. The molecule has 1 aliphatic rings. The smallest absolute Gasteiger partial charge is 0.415 e. The van der Waals surface area contributed by atoms with Crippen LogP contribution in [0.15, 0.2) is 0 Å². The van der Waals surface area contributed by atoms with Crippen molar-refractivity contribution in [1.82, 2.24) is 0 Å². The molecule has 1 aliphatic carbocycles. The second-order valence-corrected chi connectivity index (χ2v) is 8.48. The van der Waals surface area contributed by atoms with E-state index in [1.165, 1.54) is 29.6 Å². The van der Waals surface area contributed by atoms with Gasteiger partial charge in [0.1, 0.15) is 0 Å². The first kappa shape index (κ1) is 34.1. The van der Waals surface area contributed by atoms with Crippen molar-refractivity contribution in [1.29, 1.82) is 0 Å². The molecular formula is C16H26F7IrOP-. The molecule has 2 N–H and O–H groups in total. The van der Waals surface area contributed by atoms with Crippen LogP contribution in [0.5, 0.6) is 0 Å². The molecule has 1 fully saturated rings. The first-order valence-electron chi connectivity index (χ1n) is 6.91. The van der Waals surface area contributed by atoms with Gasteiger partial charge in [-0.25, -0.2) is 8.78 Å². The van der Waals surface area contributed by atoms with Crippen molar-refractivity contribution in [3.05, 3.63) is 36.0 Å². The predicted octanol–water partition coefficient (Wildman–Crippen LogP) is 6.11. The molecule has 10 heteroatoms. The molecule has 0 unspecified atom stereocenters. The SMILES string of the molecule is CP(C)C.C[C]1[C](C)[C](C)[C](C)[C]1C.F[C-](F)C(F)(F)C(F)(F)F.O.[Ir]. The van der Waals surface area contributed by atoms with Gasteiger partial charge in [0, 0.05) is 20.1 Å². The molecule has 0 aromatic rings. The first-order chi connectivity index (χ1) is 10.5. The quantitative estimate of drug-likeness (QED) is 0.201. The molecule has 1 saturated carbocycles. The molecular weight excluding hydrogens is 564 g/mol. The third-order valence-corrected chi connectivity index (χ3v) is 3.41. The first-order valence-corrected chi connectivity index (χ1v) is 9.60. The van der Waals surface area contributed by atoms with Gasteiger partial charge in [0.25, 0.3) is 5.92 Å². The van der Waals surface area contributed by atoms with Gasteiger partial charge < -0.3 is 14.3 Å². The fourth-order valence-corrected chi connectivity index (χ4v) is 1.51. The van der Waals surface area contributed by atoms with Crippen LogP contribution in [0.1, 0.15) is 34.6 Å². The van der Waals surface area contributed by atoms with Gasteiger partial charge >= 0.3 is 6.18 Å². The van der Waals surface area contributed by atoms with Gasteiger partial charge in [0.05, 0.1) is 6.43 Å². The number of hydrogen-bond acceptors (Lipinski definition) is 0. The van der Waals surface area contributed by atoms with Gasteiger partial charge in [-0.05, 0) is 49.6 Å². The van der Waals surface area contributed by atoms with Crippen LogP contribution in [-0.2, 0) is 20.1 Å². The van der Waals surface area contributed by atoms with Gasteiger partial charge in [-0.1, -0.05) is 34.6 Å². The summed E-state index contributed by atoms with van der Waals surface area (Å²) < 4.78 is 76.3. The van der Waals surface area contributed by atoms with Gasteiger partial charge in [0.15, 0.2) is 0 Å². The summed E-state index contributed by atoms with van der Waals surface area (Å²) in [4.78, 5) is 0.